The van der Waals surface area contributed by atoms with Gasteiger partial charge in [0.05, 0.1) is 6.04 Å². The van der Waals surface area contributed by atoms with Crippen LogP contribution in [0.2, 0.25) is 0 Å². The summed E-state index contributed by atoms with van der Waals surface area (Å²) in [5, 5.41) is 3.44. The van der Waals surface area contributed by atoms with Gasteiger partial charge in [0.25, 0.3) is 0 Å². The van der Waals surface area contributed by atoms with E-state index < -0.39 is 0 Å². The Morgan fingerprint density at radius 3 is 2.50 bits per heavy atom. The van der Waals surface area contributed by atoms with Gasteiger partial charge in [0.2, 0.25) is 0 Å². The zero-order chi connectivity index (χ0) is 14.5. The van der Waals surface area contributed by atoms with E-state index in [-0.39, 0.29) is 6.04 Å². The molecule has 0 aliphatic carbocycles. The maximum absolute atomic E-state index is 3.57. The number of aryl methyl sites for hydroxylation is 2. The molecule has 0 saturated heterocycles. The molecule has 1 atom stereocenters. The van der Waals surface area contributed by atoms with Gasteiger partial charge < -0.3 is 5.32 Å². The average molecular weight is 332 g/mol. The van der Waals surface area contributed by atoms with Crippen LogP contribution in [0, 0.1) is 6.92 Å². The zero-order valence-corrected chi connectivity index (χ0v) is 14.0. The topological polar surface area (TPSA) is 12.0 Å². The van der Waals surface area contributed by atoms with Gasteiger partial charge in [-0.1, -0.05) is 65.7 Å². The maximum atomic E-state index is 3.57. The van der Waals surface area contributed by atoms with E-state index in [0.717, 1.165) is 10.9 Å². The van der Waals surface area contributed by atoms with E-state index in [9.17, 15) is 0 Å². The van der Waals surface area contributed by atoms with Crippen molar-refractivity contribution in [2.24, 2.45) is 0 Å². The van der Waals surface area contributed by atoms with Crippen LogP contribution in [-0.2, 0) is 6.42 Å². The SMILES string of the molecule is CCCc1cccc(C(NC)c2ccc(Br)c(C)c2)c1. The molecule has 0 bridgehead atoms. The molecule has 106 valence electrons. The van der Waals surface area contributed by atoms with Crippen LogP contribution in [0.5, 0.6) is 0 Å². The van der Waals surface area contributed by atoms with E-state index in [2.05, 4.69) is 77.6 Å². The molecular formula is C18H22BrN. The minimum Gasteiger partial charge on any atom is -0.309 e. The first-order valence-electron chi connectivity index (χ1n) is 7.18. The first-order chi connectivity index (χ1) is 9.65. The molecule has 2 aromatic rings. The molecule has 0 spiro atoms. The first kappa shape index (κ1) is 15.3. The molecular weight excluding hydrogens is 310 g/mol. The van der Waals surface area contributed by atoms with E-state index in [4.69, 9.17) is 0 Å². The molecule has 0 aliphatic heterocycles. The van der Waals surface area contributed by atoms with Crippen LogP contribution in [0.3, 0.4) is 0 Å². The van der Waals surface area contributed by atoms with Crippen LogP contribution >= 0.6 is 15.9 Å². The third kappa shape index (κ3) is 3.50. The monoisotopic (exact) mass is 331 g/mol. The first-order valence-corrected chi connectivity index (χ1v) is 7.97. The molecule has 0 saturated carbocycles. The fourth-order valence-corrected chi connectivity index (χ4v) is 2.84. The highest BCUT2D eigenvalue weighted by Gasteiger charge is 2.13. The van der Waals surface area contributed by atoms with Gasteiger partial charge in [-0.2, -0.15) is 0 Å². The lowest BCUT2D eigenvalue weighted by atomic mass is 9.95. The number of rotatable bonds is 5. The second kappa shape index (κ2) is 7.05. The van der Waals surface area contributed by atoms with E-state index in [1.165, 1.54) is 28.7 Å². The molecule has 0 amide bonds. The Hall–Kier alpha value is -1.12. The van der Waals surface area contributed by atoms with Crippen LogP contribution in [-0.4, -0.2) is 7.05 Å². The largest absolute Gasteiger partial charge is 0.309 e. The Labute approximate surface area is 130 Å². The summed E-state index contributed by atoms with van der Waals surface area (Å²) in [6.45, 7) is 4.36. The summed E-state index contributed by atoms with van der Waals surface area (Å²) in [6.07, 6.45) is 2.33. The highest BCUT2D eigenvalue weighted by atomic mass is 79.9. The molecule has 1 unspecified atom stereocenters. The average Bonchev–Trinajstić information content (AvgIpc) is 2.44. The Kier molecular flexibility index (Phi) is 5.38. The number of nitrogens with one attached hydrogen (secondary N) is 1. The Morgan fingerprint density at radius 1 is 1.10 bits per heavy atom. The van der Waals surface area contributed by atoms with E-state index >= 15 is 0 Å². The van der Waals surface area contributed by atoms with E-state index in [0.29, 0.717) is 0 Å². The van der Waals surface area contributed by atoms with Gasteiger partial charge >= 0.3 is 0 Å². The Morgan fingerprint density at radius 2 is 1.85 bits per heavy atom. The molecule has 0 fully saturated rings. The third-order valence-electron chi connectivity index (χ3n) is 3.63. The van der Waals surface area contributed by atoms with Crippen molar-refractivity contribution in [3.8, 4) is 0 Å². The van der Waals surface area contributed by atoms with Crippen LogP contribution in [0.1, 0.15) is 41.6 Å². The molecule has 20 heavy (non-hydrogen) atoms. The molecule has 1 N–H and O–H groups in total. The summed E-state index contributed by atoms with van der Waals surface area (Å²) in [4.78, 5) is 0. The second-order valence-electron chi connectivity index (χ2n) is 5.23. The molecule has 2 rings (SSSR count). The number of benzene rings is 2. The van der Waals surface area contributed by atoms with Gasteiger partial charge in [-0.25, -0.2) is 0 Å². The van der Waals surface area contributed by atoms with Crippen molar-refractivity contribution in [1.82, 2.24) is 5.32 Å². The second-order valence-corrected chi connectivity index (χ2v) is 6.08. The highest BCUT2D eigenvalue weighted by Crippen LogP contribution is 2.26. The summed E-state index contributed by atoms with van der Waals surface area (Å²) >= 11 is 3.57. The Bertz CT molecular complexity index is 577. The molecule has 0 radical (unpaired) electrons. The number of hydrogen-bond acceptors (Lipinski definition) is 1. The van der Waals surface area contributed by atoms with Crippen molar-refractivity contribution >= 4 is 15.9 Å². The fraction of sp³-hybridized carbons (Fsp3) is 0.333. The lowest BCUT2D eigenvalue weighted by Gasteiger charge is -2.19. The van der Waals surface area contributed by atoms with Crippen molar-refractivity contribution in [1.29, 1.82) is 0 Å². The van der Waals surface area contributed by atoms with Crippen LogP contribution in [0.4, 0.5) is 0 Å². The maximum Gasteiger partial charge on any atom is 0.0574 e. The molecule has 0 aliphatic rings. The molecule has 1 nitrogen and oxygen atoms in total. The minimum atomic E-state index is 0.249. The molecule has 0 aromatic heterocycles. The smallest absolute Gasteiger partial charge is 0.0574 e. The van der Waals surface area contributed by atoms with Crippen molar-refractivity contribution in [3.05, 3.63) is 69.2 Å². The summed E-state index contributed by atoms with van der Waals surface area (Å²) < 4.78 is 1.16. The number of halogens is 1. The minimum absolute atomic E-state index is 0.249. The summed E-state index contributed by atoms with van der Waals surface area (Å²) in [5.74, 6) is 0. The zero-order valence-electron chi connectivity index (χ0n) is 12.4. The number of hydrogen-bond donors (Lipinski definition) is 1. The fourth-order valence-electron chi connectivity index (χ4n) is 2.59. The van der Waals surface area contributed by atoms with Crippen molar-refractivity contribution < 1.29 is 0 Å². The van der Waals surface area contributed by atoms with E-state index in [1.807, 2.05) is 7.05 Å². The van der Waals surface area contributed by atoms with Crippen molar-refractivity contribution in [3.63, 3.8) is 0 Å². The summed E-state index contributed by atoms with van der Waals surface area (Å²) in [7, 11) is 2.02. The quantitative estimate of drug-likeness (QED) is 0.811. The lowest BCUT2D eigenvalue weighted by molar-refractivity contribution is 0.689. The standard InChI is InChI=1S/C18H22BrN/c1-4-6-14-7-5-8-15(12-14)18(20-3)16-9-10-17(19)13(2)11-16/h5,7-12,18,20H,4,6H2,1-3H3. The van der Waals surface area contributed by atoms with Crippen LogP contribution < -0.4 is 5.32 Å². The predicted molar refractivity (Wildman–Crippen MR) is 90.2 cm³/mol. The van der Waals surface area contributed by atoms with Gasteiger partial charge in [0.1, 0.15) is 0 Å². The highest BCUT2D eigenvalue weighted by molar-refractivity contribution is 9.10. The molecule has 2 aromatic carbocycles. The van der Waals surface area contributed by atoms with Crippen LogP contribution in [0.25, 0.3) is 0 Å². The summed E-state index contributed by atoms with van der Waals surface area (Å²) in [6, 6.07) is 15.7. The summed E-state index contributed by atoms with van der Waals surface area (Å²) in [5.41, 5.74) is 5.33. The lowest BCUT2D eigenvalue weighted by Crippen LogP contribution is -2.18. The Balaban J connectivity index is 2.36. The van der Waals surface area contributed by atoms with E-state index in [1.54, 1.807) is 0 Å². The molecule has 2 heteroatoms. The van der Waals surface area contributed by atoms with Gasteiger partial charge in [0.15, 0.2) is 0 Å². The normalized spacial score (nSPS) is 12.4. The van der Waals surface area contributed by atoms with Crippen LogP contribution in [0.15, 0.2) is 46.9 Å². The molecule has 0 heterocycles. The van der Waals surface area contributed by atoms with Gasteiger partial charge in [-0.05, 0) is 48.7 Å². The third-order valence-corrected chi connectivity index (χ3v) is 4.52. The van der Waals surface area contributed by atoms with Crippen molar-refractivity contribution in [2.75, 3.05) is 7.05 Å². The van der Waals surface area contributed by atoms with Gasteiger partial charge in [-0.15, -0.1) is 0 Å². The van der Waals surface area contributed by atoms with Crippen molar-refractivity contribution in [2.45, 2.75) is 32.7 Å². The van der Waals surface area contributed by atoms with Gasteiger partial charge in [0, 0.05) is 4.47 Å². The predicted octanol–water partition coefficient (Wildman–Crippen LogP) is 5.02. The van der Waals surface area contributed by atoms with Gasteiger partial charge in [-0.3, -0.25) is 0 Å².